The first-order valence-corrected chi connectivity index (χ1v) is 11.8. The van der Waals surface area contributed by atoms with Gasteiger partial charge in [0.25, 0.3) is 5.56 Å². The van der Waals surface area contributed by atoms with Gasteiger partial charge in [0.1, 0.15) is 10.8 Å². The first-order chi connectivity index (χ1) is 16.4. The molecule has 3 heterocycles. The quantitative estimate of drug-likeness (QED) is 0.553. The van der Waals surface area contributed by atoms with Crippen molar-refractivity contribution in [1.29, 1.82) is 0 Å². The summed E-state index contributed by atoms with van der Waals surface area (Å²) in [5.74, 6) is -0.373. The summed E-state index contributed by atoms with van der Waals surface area (Å²) >= 11 is 19.3. The average molecular weight is 553 g/mol. The fourth-order valence-corrected chi connectivity index (χ4v) is 5.37. The number of alkyl halides is 3. The Morgan fingerprint density at radius 3 is 2.20 bits per heavy atom. The number of hydrogen-bond donors (Lipinski definition) is 0. The number of allylic oxidation sites excluding steroid dienone is 1. The van der Waals surface area contributed by atoms with Crippen LogP contribution in [0.3, 0.4) is 0 Å². The van der Waals surface area contributed by atoms with E-state index in [1.165, 1.54) is 16.8 Å². The molecule has 1 fully saturated rings. The van der Waals surface area contributed by atoms with Crippen LogP contribution in [0.4, 0.5) is 13.2 Å². The molecule has 0 radical (unpaired) electrons. The first-order valence-electron chi connectivity index (χ1n) is 10.7. The lowest BCUT2D eigenvalue weighted by molar-refractivity contribution is -0.274. The summed E-state index contributed by atoms with van der Waals surface area (Å²) in [4.78, 5) is 19.1. The number of benzene rings is 1. The average Bonchev–Trinajstić information content (AvgIpc) is 2.97. The molecule has 0 unspecified atom stereocenters. The number of rotatable bonds is 5. The molecule has 190 valence electrons. The van der Waals surface area contributed by atoms with Crippen molar-refractivity contribution in [3.63, 3.8) is 0 Å². The van der Waals surface area contributed by atoms with Crippen molar-refractivity contribution < 1.29 is 17.9 Å². The summed E-state index contributed by atoms with van der Waals surface area (Å²) in [6.45, 7) is 3.83. The summed E-state index contributed by atoms with van der Waals surface area (Å²) < 4.78 is 44.1. The maximum atomic E-state index is 12.9. The highest BCUT2D eigenvalue weighted by Gasteiger charge is 2.31. The topological polar surface area (TPSA) is 45.9 Å². The molecule has 0 saturated carbocycles. The zero-order valence-electron chi connectivity index (χ0n) is 18.9. The molecule has 2 aromatic rings. The third-order valence-corrected chi connectivity index (χ3v) is 6.86. The molecule has 4 rings (SSSR count). The molecule has 0 amide bonds. The smallest absolute Gasteiger partial charge is 0.406 e. The van der Waals surface area contributed by atoms with Crippen LogP contribution in [-0.4, -0.2) is 70.2 Å². The summed E-state index contributed by atoms with van der Waals surface area (Å²) in [5, 5.41) is 1.37. The SMILES string of the molecule is CN1C=C(Cl)C(N2CCN(Cc3c(Cl)c(=O)n(-c4ccc(OC(F)(F)F)cc4)n3C)CC2)=C(Cl)C1. The molecule has 0 bridgehead atoms. The van der Waals surface area contributed by atoms with Gasteiger partial charge in [0.05, 0.1) is 33.7 Å². The lowest BCUT2D eigenvalue weighted by atomic mass is 10.2. The molecule has 7 nitrogen and oxygen atoms in total. The zero-order chi connectivity index (χ0) is 25.5. The Morgan fingerprint density at radius 2 is 1.63 bits per heavy atom. The molecule has 2 aliphatic rings. The number of aromatic nitrogens is 2. The zero-order valence-corrected chi connectivity index (χ0v) is 21.2. The van der Waals surface area contributed by atoms with Gasteiger partial charge in [-0.25, -0.2) is 4.68 Å². The van der Waals surface area contributed by atoms with Gasteiger partial charge in [0.15, 0.2) is 0 Å². The van der Waals surface area contributed by atoms with E-state index in [9.17, 15) is 18.0 Å². The number of piperazine rings is 1. The molecule has 0 N–H and O–H groups in total. The third kappa shape index (κ3) is 5.61. The first kappa shape index (κ1) is 25.8. The van der Waals surface area contributed by atoms with Crippen molar-refractivity contribution in [2.24, 2.45) is 7.05 Å². The molecular formula is C22H23Cl3F3N5O2. The van der Waals surface area contributed by atoms with Gasteiger partial charge < -0.3 is 14.5 Å². The van der Waals surface area contributed by atoms with Gasteiger partial charge in [-0.15, -0.1) is 13.2 Å². The van der Waals surface area contributed by atoms with E-state index in [-0.39, 0.29) is 10.8 Å². The number of hydrogen-bond acceptors (Lipinski definition) is 5. The Morgan fingerprint density at radius 1 is 1.00 bits per heavy atom. The molecule has 1 aromatic carbocycles. The Bertz CT molecular complexity index is 1210. The summed E-state index contributed by atoms with van der Waals surface area (Å²) in [6, 6.07) is 5.05. The predicted octanol–water partition coefficient (Wildman–Crippen LogP) is 4.32. The van der Waals surface area contributed by atoms with Crippen molar-refractivity contribution >= 4 is 34.8 Å². The van der Waals surface area contributed by atoms with Crippen LogP contribution in [0.25, 0.3) is 5.69 Å². The standard InChI is InChI=1S/C22H23Cl3F3N5O2/c1-29-11-16(23)20(17(24)12-29)32-9-7-31(8-10-32)13-18-19(25)21(34)33(30(18)2)14-3-5-15(6-4-14)35-22(26,27)28/h3-6,11H,7-10,12-13H2,1-2H3. The molecular weight excluding hydrogens is 530 g/mol. The Kier molecular flexibility index (Phi) is 7.38. The fraction of sp³-hybridized carbons (Fsp3) is 0.409. The molecule has 1 aromatic heterocycles. The molecule has 0 atom stereocenters. The predicted molar refractivity (Wildman–Crippen MR) is 129 cm³/mol. The van der Waals surface area contributed by atoms with E-state index < -0.39 is 11.9 Å². The van der Waals surface area contributed by atoms with Crippen LogP contribution in [0.15, 0.2) is 51.0 Å². The van der Waals surface area contributed by atoms with Gasteiger partial charge in [0, 0.05) is 53.0 Å². The van der Waals surface area contributed by atoms with Crippen LogP contribution >= 0.6 is 34.8 Å². The van der Waals surface area contributed by atoms with Crippen molar-refractivity contribution in [1.82, 2.24) is 24.1 Å². The lowest BCUT2D eigenvalue weighted by Gasteiger charge is -2.39. The van der Waals surface area contributed by atoms with Gasteiger partial charge in [-0.05, 0) is 24.3 Å². The molecule has 0 spiro atoms. The van der Waals surface area contributed by atoms with E-state index in [0.29, 0.717) is 60.7 Å². The monoisotopic (exact) mass is 551 g/mol. The molecule has 2 aliphatic heterocycles. The Balaban J connectivity index is 1.47. The molecule has 0 aliphatic carbocycles. The van der Waals surface area contributed by atoms with Crippen LogP contribution < -0.4 is 10.3 Å². The summed E-state index contributed by atoms with van der Waals surface area (Å²) in [7, 11) is 3.59. The second-order valence-electron chi connectivity index (χ2n) is 8.35. The van der Waals surface area contributed by atoms with Crippen LogP contribution in [0.1, 0.15) is 5.69 Å². The summed E-state index contributed by atoms with van der Waals surface area (Å²) in [6.07, 6.45) is -2.93. The highest BCUT2D eigenvalue weighted by Crippen LogP contribution is 2.31. The number of ether oxygens (including phenoxy) is 1. The van der Waals surface area contributed by atoms with Gasteiger partial charge in [-0.3, -0.25) is 14.4 Å². The fourth-order valence-electron chi connectivity index (χ4n) is 4.25. The minimum atomic E-state index is -4.79. The van der Waals surface area contributed by atoms with Crippen LogP contribution in [-0.2, 0) is 13.6 Å². The van der Waals surface area contributed by atoms with Crippen molar-refractivity contribution in [3.8, 4) is 11.4 Å². The third-order valence-electron chi connectivity index (χ3n) is 5.91. The van der Waals surface area contributed by atoms with E-state index in [2.05, 4.69) is 14.5 Å². The van der Waals surface area contributed by atoms with Crippen LogP contribution in [0.5, 0.6) is 5.75 Å². The van der Waals surface area contributed by atoms with Crippen molar-refractivity contribution in [2.75, 3.05) is 39.8 Å². The van der Waals surface area contributed by atoms with E-state index in [4.69, 9.17) is 34.8 Å². The Hall–Kier alpha value is -2.27. The molecule has 13 heteroatoms. The highest BCUT2D eigenvalue weighted by molar-refractivity contribution is 6.36. The lowest BCUT2D eigenvalue weighted by Crippen LogP contribution is -2.46. The summed E-state index contributed by atoms with van der Waals surface area (Å²) in [5.41, 5.74) is 1.37. The van der Waals surface area contributed by atoms with E-state index >= 15 is 0 Å². The maximum absolute atomic E-state index is 12.9. The van der Waals surface area contributed by atoms with E-state index in [1.807, 2.05) is 18.1 Å². The van der Waals surface area contributed by atoms with E-state index in [1.54, 1.807) is 11.7 Å². The largest absolute Gasteiger partial charge is 0.573 e. The second-order valence-corrected chi connectivity index (χ2v) is 9.59. The normalized spacial score (nSPS) is 17.8. The number of nitrogens with zero attached hydrogens (tertiary/aromatic N) is 5. The van der Waals surface area contributed by atoms with Crippen molar-refractivity contribution in [2.45, 2.75) is 12.9 Å². The maximum Gasteiger partial charge on any atom is 0.573 e. The van der Waals surface area contributed by atoms with Crippen LogP contribution in [0, 0.1) is 0 Å². The van der Waals surface area contributed by atoms with Gasteiger partial charge in [-0.1, -0.05) is 34.8 Å². The van der Waals surface area contributed by atoms with Crippen LogP contribution in [0.2, 0.25) is 5.02 Å². The van der Waals surface area contributed by atoms with E-state index in [0.717, 1.165) is 17.8 Å². The van der Waals surface area contributed by atoms with Gasteiger partial charge >= 0.3 is 6.36 Å². The number of halogens is 6. The van der Waals surface area contributed by atoms with Gasteiger partial charge in [0.2, 0.25) is 0 Å². The second kappa shape index (κ2) is 10.0. The minimum absolute atomic E-state index is 0.0672. The minimum Gasteiger partial charge on any atom is -0.406 e. The Labute approximate surface area is 215 Å². The highest BCUT2D eigenvalue weighted by atomic mass is 35.5. The molecule has 1 saturated heterocycles. The van der Waals surface area contributed by atoms with Crippen molar-refractivity contribution in [3.05, 3.63) is 67.3 Å². The van der Waals surface area contributed by atoms with Gasteiger partial charge in [-0.2, -0.15) is 0 Å². The number of likely N-dealkylation sites (N-methyl/N-ethyl adjacent to an activating group) is 1. The molecule has 35 heavy (non-hydrogen) atoms.